The molecule has 2 nitrogen and oxygen atoms in total. The number of likely N-dealkylation sites (tertiary alicyclic amines) is 1. The number of ether oxygens (including phenoxy) is 1. The molecule has 0 bridgehead atoms. The van der Waals surface area contributed by atoms with Crippen molar-refractivity contribution in [1.82, 2.24) is 0 Å². The first kappa shape index (κ1) is 9.01. The Hall–Kier alpha value is -0.0800. The molecule has 1 N–H and O–H groups in total. The molecule has 0 aromatic carbocycles. The molecule has 2 heteroatoms. The van der Waals surface area contributed by atoms with Crippen molar-refractivity contribution in [1.29, 1.82) is 0 Å². The van der Waals surface area contributed by atoms with Gasteiger partial charge in [0.05, 0.1) is 18.7 Å². The summed E-state index contributed by atoms with van der Waals surface area (Å²) in [7, 11) is 5.90. The van der Waals surface area contributed by atoms with Crippen molar-refractivity contribution in [3.8, 4) is 0 Å². The van der Waals surface area contributed by atoms with Crippen LogP contribution in [0.15, 0.2) is 0 Å². The molecule has 1 heterocycles. The van der Waals surface area contributed by atoms with Crippen LogP contribution in [0.5, 0.6) is 0 Å². The van der Waals surface area contributed by atoms with Crippen LogP contribution in [0, 0.1) is 7.05 Å². The van der Waals surface area contributed by atoms with E-state index in [1.807, 2.05) is 0 Å². The third-order valence-corrected chi connectivity index (χ3v) is 2.77. The summed E-state index contributed by atoms with van der Waals surface area (Å²) in [6, 6.07) is 1.42. The monoisotopic (exact) mass is 157 g/mol. The Balaban J connectivity index is 2.35. The van der Waals surface area contributed by atoms with Gasteiger partial charge in [0.1, 0.15) is 0 Å². The molecule has 1 unspecified atom stereocenters. The van der Waals surface area contributed by atoms with Crippen molar-refractivity contribution in [2.75, 3.05) is 13.7 Å². The van der Waals surface area contributed by atoms with Gasteiger partial charge in [-0.05, 0) is 6.42 Å². The zero-order valence-electron chi connectivity index (χ0n) is 7.60. The quantitative estimate of drug-likeness (QED) is 0.580. The van der Waals surface area contributed by atoms with Gasteiger partial charge in [-0.1, -0.05) is 6.92 Å². The highest BCUT2D eigenvalue weighted by atomic mass is 16.5. The summed E-state index contributed by atoms with van der Waals surface area (Å²) in [5.41, 5.74) is 0. The van der Waals surface area contributed by atoms with E-state index in [0.29, 0.717) is 6.04 Å². The van der Waals surface area contributed by atoms with E-state index >= 15 is 0 Å². The Morgan fingerprint density at radius 2 is 2.09 bits per heavy atom. The molecule has 0 radical (unpaired) electrons. The molecule has 1 saturated heterocycles. The van der Waals surface area contributed by atoms with Crippen LogP contribution in [0.4, 0.5) is 0 Å². The number of nitrogens with one attached hydrogen (secondary N) is 1. The fraction of sp³-hybridized carbons (Fsp3) is 0.889. The van der Waals surface area contributed by atoms with Gasteiger partial charge in [0.15, 0.2) is 0 Å². The summed E-state index contributed by atoms with van der Waals surface area (Å²) in [5, 5.41) is 0. The van der Waals surface area contributed by atoms with Crippen molar-refractivity contribution >= 4 is 0 Å². The van der Waals surface area contributed by atoms with Gasteiger partial charge in [-0.2, -0.15) is 7.05 Å². The highest BCUT2D eigenvalue weighted by molar-refractivity contribution is 4.69. The van der Waals surface area contributed by atoms with E-state index in [9.17, 15) is 0 Å². The summed E-state index contributed by atoms with van der Waals surface area (Å²) < 4.78 is 5.13. The average molecular weight is 157 g/mol. The van der Waals surface area contributed by atoms with Crippen molar-refractivity contribution in [3.05, 3.63) is 7.05 Å². The van der Waals surface area contributed by atoms with E-state index < -0.39 is 0 Å². The standard InChI is InChI=1S/C9H19NO/c1-4-8-5-6-9(7-11-3)10(8)2/h8-10H,2,4-7H2,1,3H3/t8-,9+/m0/s1. The van der Waals surface area contributed by atoms with E-state index in [1.165, 1.54) is 24.2 Å². The number of rotatable bonds is 3. The molecule has 1 rings (SSSR count). The maximum Gasteiger partial charge on any atom is 0.0959 e. The van der Waals surface area contributed by atoms with Gasteiger partial charge in [-0.15, -0.1) is 0 Å². The molecule has 0 spiro atoms. The Labute approximate surface area is 69.5 Å². The summed E-state index contributed by atoms with van der Waals surface area (Å²) in [6.45, 7) is 3.11. The van der Waals surface area contributed by atoms with Gasteiger partial charge in [0.2, 0.25) is 0 Å². The van der Waals surface area contributed by atoms with Crippen molar-refractivity contribution in [3.63, 3.8) is 0 Å². The van der Waals surface area contributed by atoms with Crippen molar-refractivity contribution in [2.24, 2.45) is 0 Å². The SMILES string of the molecule is [CH2-][NH+]1[C@@H](COC)CC[C@@H]1CC. The minimum absolute atomic E-state index is 0.643. The molecule has 0 aromatic rings. The number of hydrogen-bond acceptors (Lipinski definition) is 1. The van der Waals surface area contributed by atoms with Crippen LogP contribution in [0.1, 0.15) is 26.2 Å². The van der Waals surface area contributed by atoms with Gasteiger partial charge in [-0.3, -0.25) is 0 Å². The molecule has 66 valence electrons. The normalized spacial score (nSPS) is 37.9. The highest BCUT2D eigenvalue weighted by Gasteiger charge is 2.28. The van der Waals surface area contributed by atoms with E-state index in [2.05, 4.69) is 14.0 Å². The molecular formula is C9H19NO. The van der Waals surface area contributed by atoms with Crippen molar-refractivity contribution in [2.45, 2.75) is 38.3 Å². The van der Waals surface area contributed by atoms with E-state index in [4.69, 9.17) is 4.74 Å². The Bertz CT molecular complexity index is 116. The maximum absolute atomic E-state index is 5.13. The zero-order valence-corrected chi connectivity index (χ0v) is 7.60. The average Bonchev–Trinajstić information content (AvgIpc) is 2.34. The number of quaternary nitrogens is 1. The summed E-state index contributed by atoms with van der Waals surface area (Å²) in [5.74, 6) is 0. The van der Waals surface area contributed by atoms with E-state index in [0.717, 1.165) is 12.6 Å². The smallest absolute Gasteiger partial charge is 0.0959 e. The molecule has 1 fully saturated rings. The topological polar surface area (TPSA) is 13.7 Å². The van der Waals surface area contributed by atoms with Crippen LogP contribution in [0.25, 0.3) is 0 Å². The van der Waals surface area contributed by atoms with E-state index in [1.54, 1.807) is 7.11 Å². The Morgan fingerprint density at radius 1 is 1.45 bits per heavy atom. The van der Waals surface area contributed by atoms with Crippen LogP contribution in [0.2, 0.25) is 0 Å². The molecule has 11 heavy (non-hydrogen) atoms. The molecule has 1 aliphatic rings. The molecule has 0 amide bonds. The first-order valence-corrected chi connectivity index (χ1v) is 4.47. The fourth-order valence-electron chi connectivity index (χ4n) is 1.96. The zero-order chi connectivity index (χ0) is 8.27. The van der Waals surface area contributed by atoms with Crippen LogP contribution < -0.4 is 4.90 Å². The van der Waals surface area contributed by atoms with Gasteiger partial charge < -0.3 is 9.64 Å². The molecule has 3 atom stereocenters. The highest BCUT2D eigenvalue weighted by Crippen LogP contribution is 2.09. The van der Waals surface area contributed by atoms with Crippen LogP contribution in [-0.4, -0.2) is 25.8 Å². The van der Waals surface area contributed by atoms with Gasteiger partial charge in [-0.25, -0.2) is 0 Å². The third-order valence-electron chi connectivity index (χ3n) is 2.77. The fourth-order valence-corrected chi connectivity index (χ4v) is 1.96. The lowest BCUT2D eigenvalue weighted by Gasteiger charge is -2.28. The van der Waals surface area contributed by atoms with Crippen LogP contribution >= 0.6 is 0 Å². The summed E-state index contributed by atoms with van der Waals surface area (Å²) >= 11 is 0. The second-order valence-electron chi connectivity index (χ2n) is 3.41. The second-order valence-corrected chi connectivity index (χ2v) is 3.41. The predicted octanol–water partition coefficient (Wildman–Crippen LogP) is 0.250. The van der Waals surface area contributed by atoms with Crippen LogP contribution in [0.3, 0.4) is 0 Å². The molecule has 0 saturated carbocycles. The molecule has 1 aliphatic heterocycles. The lowest BCUT2D eigenvalue weighted by atomic mass is 10.1. The number of methoxy groups -OCH3 is 1. The largest absolute Gasteiger partial charge is 0.461 e. The first-order valence-electron chi connectivity index (χ1n) is 4.47. The van der Waals surface area contributed by atoms with E-state index in [-0.39, 0.29) is 0 Å². The van der Waals surface area contributed by atoms with Crippen molar-refractivity contribution < 1.29 is 9.64 Å². The first-order chi connectivity index (χ1) is 5.29. The third kappa shape index (κ3) is 1.94. The van der Waals surface area contributed by atoms with Gasteiger partial charge in [0.25, 0.3) is 0 Å². The Morgan fingerprint density at radius 3 is 2.55 bits per heavy atom. The Kier molecular flexibility index (Phi) is 3.34. The molecule has 0 aromatic heterocycles. The minimum Gasteiger partial charge on any atom is -0.461 e. The lowest BCUT2D eigenvalue weighted by molar-refractivity contribution is -0.892. The number of hydrogen-bond donors (Lipinski definition) is 1. The lowest BCUT2D eigenvalue weighted by Crippen LogP contribution is -3.12. The van der Waals surface area contributed by atoms with Gasteiger partial charge in [0, 0.05) is 20.0 Å². The van der Waals surface area contributed by atoms with Crippen LogP contribution in [-0.2, 0) is 4.74 Å². The molecule has 0 aliphatic carbocycles. The minimum atomic E-state index is 0.643. The second kappa shape index (κ2) is 4.07. The van der Waals surface area contributed by atoms with Gasteiger partial charge >= 0.3 is 0 Å². The summed E-state index contributed by atoms with van der Waals surface area (Å²) in [4.78, 5) is 1.43. The summed E-state index contributed by atoms with van der Waals surface area (Å²) in [6.07, 6.45) is 3.85. The predicted molar refractivity (Wildman–Crippen MR) is 45.3 cm³/mol. The maximum atomic E-state index is 5.13. The molecular weight excluding hydrogens is 138 g/mol.